The molecule has 0 radical (unpaired) electrons. The van der Waals surface area contributed by atoms with Crippen LogP contribution in [0, 0.1) is 12.3 Å². The molecular formula is C27H21N3O2S. The molecule has 5 nitrogen and oxygen atoms in total. The third-order valence-corrected chi connectivity index (χ3v) is 6.33. The molecule has 0 atom stereocenters. The monoisotopic (exact) mass is 451 g/mol. The number of thioether (sulfide) groups is 1. The van der Waals surface area contributed by atoms with E-state index in [1.54, 1.807) is 11.0 Å². The van der Waals surface area contributed by atoms with Crippen molar-refractivity contribution in [2.45, 2.75) is 13.5 Å². The highest BCUT2D eigenvalue weighted by molar-refractivity contribution is 8.17. The number of rotatable bonds is 5. The summed E-state index contributed by atoms with van der Waals surface area (Å²) in [5, 5.41) is 11.2. The fourth-order valence-electron chi connectivity index (χ4n) is 3.71. The molecule has 2 aliphatic rings. The minimum atomic E-state index is -0.410. The predicted molar refractivity (Wildman–Crippen MR) is 134 cm³/mol. The van der Waals surface area contributed by atoms with E-state index < -0.39 is 5.91 Å². The van der Waals surface area contributed by atoms with Gasteiger partial charge in [0.2, 0.25) is 0 Å². The molecule has 0 aromatic heterocycles. The van der Waals surface area contributed by atoms with Crippen LogP contribution in [0.25, 0.3) is 11.8 Å². The molecule has 5 rings (SSSR count). The highest BCUT2D eigenvalue weighted by Gasteiger charge is 2.36. The number of aliphatic imine (C=N–C) groups is 1. The minimum Gasteiger partial charge on any atom is -0.489 e. The smallest absolute Gasteiger partial charge is 0.283 e. The zero-order chi connectivity index (χ0) is 22.8. The fraction of sp³-hybridized carbons (Fsp3) is 0.0741. The molecule has 2 aliphatic heterocycles. The van der Waals surface area contributed by atoms with E-state index in [0.717, 1.165) is 22.4 Å². The van der Waals surface area contributed by atoms with Crippen LogP contribution < -0.4 is 4.74 Å². The first-order valence-electron chi connectivity index (χ1n) is 10.5. The Morgan fingerprint density at radius 2 is 1.82 bits per heavy atom. The van der Waals surface area contributed by atoms with E-state index in [2.05, 4.69) is 18.0 Å². The first-order chi connectivity index (χ1) is 16.1. The molecule has 0 saturated carbocycles. The first-order valence-corrected chi connectivity index (χ1v) is 11.4. The molecule has 3 aromatic carbocycles. The second-order valence-corrected chi connectivity index (χ2v) is 8.55. The van der Waals surface area contributed by atoms with Crippen LogP contribution in [0.5, 0.6) is 5.75 Å². The Balaban J connectivity index is 1.40. The van der Waals surface area contributed by atoms with Crippen LogP contribution in [-0.4, -0.2) is 21.8 Å². The molecule has 1 amide bonds. The van der Waals surface area contributed by atoms with E-state index in [4.69, 9.17) is 10.1 Å². The number of aryl methyl sites for hydroxylation is 1. The highest BCUT2D eigenvalue weighted by Crippen LogP contribution is 2.37. The maximum absolute atomic E-state index is 12.7. The Labute approximate surface area is 196 Å². The summed E-state index contributed by atoms with van der Waals surface area (Å²) in [4.78, 5) is 18.7. The number of amides is 1. The summed E-state index contributed by atoms with van der Waals surface area (Å²) < 4.78 is 5.98. The van der Waals surface area contributed by atoms with Crippen molar-refractivity contribution in [1.82, 2.24) is 4.90 Å². The van der Waals surface area contributed by atoms with E-state index in [9.17, 15) is 4.79 Å². The lowest BCUT2D eigenvalue weighted by molar-refractivity contribution is -0.114. The Bertz CT molecular complexity index is 1340. The molecule has 33 heavy (non-hydrogen) atoms. The maximum atomic E-state index is 12.7. The van der Waals surface area contributed by atoms with Crippen molar-refractivity contribution >= 4 is 40.4 Å². The standard InChI is InChI=1S/C27H21N3O2S/c1-18-8-5-6-12-21(18)16-32-22-13-7-9-19(14-22)15-23-25(28)30-24(20-10-3-2-4-11-20)17-33-27(30)29-26(23)31/h2-15,17,28H,16H2,1H3. The summed E-state index contributed by atoms with van der Waals surface area (Å²) in [5.74, 6) is 0.414. The quantitative estimate of drug-likeness (QED) is 0.492. The van der Waals surface area contributed by atoms with Gasteiger partial charge in [0.05, 0.1) is 11.3 Å². The number of fused-ring (bicyclic) bond motifs is 1. The molecule has 3 aromatic rings. The van der Waals surface area contributed by atoms with Gasteiger partial charge < -0.3 is 4.74 Å². The Morgan fingerprint density at radius 1 is 1.03 bits per heavy atom. The van der Waals surface area contributed by atoms with Gasteiger partial charge in [-0.2, -0.15) is 4.99 Å². The maximum Gasteiger partial charge on any atom is 0.283 e. The van der Waals surface area contributed by atoms with Crippen LogP contribution in [0.1, 0.15) is 22.3 Å². The van der Waals surface area contributed by atoms with E-state index in [-0.39, 0.29) is 11.4 Å². The number of ether oxygens (including phenoxy) is 1. The largest absolute Gasteiger partial charge is 0.489 e. The van der Waals surface area contributed by atoms with E-state index in [0.29, 0.717) is 17.5 Å². The lowest BCUT2D eigenvalue weighted by Crippen LogP contribution is -2.38. The lowest BCUT2D eigenvalue weighted by Gasteiger charge is -2.26. The molecule has 0 unspecified atom stereocenters. The van der Waals surface area contributed by atoms with Crippen molar-refractivity contribution in [1.29, 1.82) is 5.41 Å². The molecule has 0 bridgehead atoms. The predicted octanol–water partition coefficient (Wildman–Crippen LogP) is 5.88. The van der Waals surface area contributed by atoms with Crippen LogP contribution in [0.15, 0.2) is 94.8 Å². The number of carbonyl (C=O) groups is 1. The first kappa shape index (κ1) is 21.0. The molecule has 2 heterocycles. The topological polar surface area (TPSA) is 65.8 Å². The van der Waals surface area contributed by atoms with Gasteiger partial charge in [0.15, 0.2) is 5.17 Å². The van der Waals surface area contributed by atoms with Gasteiger partial charge in [-0.25, -0.2) is 0 Å². The van der Waals surface area contributed by atoms with E-state index in [1.165, 1.54) is 17.3 Å². The Kier molecular flexibility index (Phi) is 5.67. The van der Waals surface area contributed by atoms with E-state index in [1.807, 2.05) is 78.2 Å². The molecular weight excluding hydrogens is 430 g/mol. The Hall–Kier alpha value is -3.90. The van der Waals surface area contributed by atoms with Crippen molar-refractivity contribution in [2.75, 3.05) is 0 Å². The van der Waals surface area contributed by atoms with Gasteiger partial charge >= 0.3 is 0 Å². The van der Waals surface area contributed by atoms with Crippen molar-refractivity contribution in [3.05, 3.63) is 112 Å². The number of benzene rings is 3. The minimum absolute atomic E-state index is 0.122. The van der Waals surface area contributed by atoms with Crippen LogP contribution >= 0.6 is 11.8 Å². The summed E-state index contributed by atoms with van der Waals surface area (Å²) in [5.41, 5.74) is 5.15. The third-order valence-electron chi connectivity index (χ3n) is 5.51. The molecule has 6 heteroatoms. The van der Waals surface area contributed by atoms with Gasteiger partial charge in [0.1, 0.15) is 18.2 Å². The van der Waals surface area contributed by atoms with Crippen molar-refractivity contribution < 1.29 is 9.53 Å². The zero-order valence-corrected chi connectivity index (χ0v) is 18.8. The average Bonchev–Trinajstić information content (AvgIpc) is 3.26. The fourth-order valence-corrected chi connectivity index (χ4v) is 4.60. The summed E-state index contributed by atoms with van der Waals surface area (Å²) in [6.07, 6.45) is 1.71. The zero-order valence-electron chi connectivity index (χ0n) is 18.0. The van der Waals surface area contributed by atoms with Crippen LogP contribution in [0.4, 0.5) is 0 Å². The molecule has 162 valence electrons. The molecule has 0 spiro atoms. The number of carbonyl (C=O) groups excluding carboxylic acids is 1. The van der Waals surface area contributed by atoms with Gasteiger partial charge in [-0.05, 0) is 47.4 Å². The number of amidine groups is 2. The second kappa shape index (κ2) is 8.92. The number of hydrogen-bond acceptors (Lipinski definition) is 4. The van der Waals surface area contributed by atoms with Crippen LogP contribution in [0.2, 0.25) is 0 Å². The number of nitrogens with zero attached hydrogens (tertiary/aromatic N) is 2. The summed E-state index contributed by atoms with van der Waals surface area (Å²) in [6.45, 7) is 2.52. The van der Waals surface area contributed by atoms with Crippen LogP contribution in [0.3, 0.4) is 0 Å². The number of hydrogen-bond donors (Lipinski definition) is 1. The summed E-state index contributed by atoms with van der Waals surface area (Å²) in [7, 11) is 0. The van der Waals surface area contributed by atoms with E-state index >= 15 is 0 Å². The van der Waals surface area contributed by atoms with Gasteiger partial charge in [-0.15, -0.1) is 0 Å². The SMILES string of the molecule is Cc1ccccc1COc1cccc(C=C2C(=N)N3C(c4ccccc4)=CSC3=NC2=O)c1. The molecule has 0 aliphatic carbocycles. The van der Waals surface area contributed by atoms with Crippen molar-refractivity contribution in [3.8, 4) is 5.75 Å². The van der Waals surface area contributed by atoms with Crippen molar-refractivity contribution in [2.24, 2.45) is 4.99 Å². The third kappa shape index (κ3) is 4.25. The normalized spacial score (nSPS) is 16.5. The van der Waals surface area contributed by atoms with Crippen molar-refractivity contribution in [3.63, 3.8) is 0 Å². The average molecular weight is 452 g/mol. The highest BCUT2D eigenvalue weighted by atomic mass is 32.2. The second-order valence-electron chi connectivity index (χ2n) is 7.72. The number of nitrogens with one attached hydrogen (secondary N) is 1. The van der Waals surface area contributed by atoms with Gasteiger partial charge in [-0.1, -0.05) is 78.5 Å². The molecule has 0 fully saturated rings. The summed E-state index contributed by atoms with van der Waals surface area (Å²) >= 11 is 1.36. The summed E-state index contributed by atoms with van der Waals surface area (Å²) in [6, 6.07) is 25.5. The van der Waals surface area contributed by atoms with Crippen LogP contribution in [-0.2, 0) is 11.4 Å². The molecule has 0 saturated heterocycles. The lowest BCUT2D eigenvalue weighted by atomic mass is 10.1. The van der Waals surface area contributed by atoms with Gasteiger partial charge in [0, 0.05) is 5.41 Å². The van der Waals surface area contributed by atoms with Gasteiger partial charge in [-0.3, -0.25) is 15.1 Å². The van der Waals surface area contributed by atoms with Gasteiger partial charge in [0.25, 0.3) is 5.91 Å². The Morgan fingerprint density at radius 3 is 2.64 bits per heavy atom. The molecule has 1 N–H and O–H groups in total.